The Labute approximate surface area is 339 Å². The molecule has 0 aromatic heterocycles. The highest BCUT2D eigenvalue weighted by Gasteiger charge is 2.32. The Hall–Kier alpha value is -7.06. The van der Waals surface area contributed by atoms with Crippen LogP contribution in [0.5, 0.6) is 0 Å². The molecule has 3 aromatic carbocycles. The smallest absolute Gasteiger partial charge is 0.0711 e. The van der Waals surface area contributed by atoms with Gasteiger partial charge in [0.1, 0.15) is 0 Å². The van der Waals surface area contributed by atoms with Crippen molar-refractivity contribution in [2.45, 2.75) is 27.7 Å². The molecule has 4 aliphatic rings. The van der Waals surface area contributed by atoms with Gasteiger partial charge in [-0.1, -0.05) is 165 Å². The third-order valence-electron chi connectivity index (χ3n) is 11.0. The number of hydrogen-bond acceptors (Lipinski definition) is 1. The van der Waals surface area contributed by atoms with Crippen LogP contribution in [0.4, 0.5) is 5.69 Å². The first-order valence-corrected chi connectivity index (χ1v) is 19.5. The number of nitrogens with zero attached hydrogens (tertiary/aromatic N) is 1. The van der Waals surface area contributed by atoms with Gasteiger partial charge in [0, 0.05) is 28.4 Å². The lowest BCUT2D eigenvalue weighted by Crippen LogP contribution is -2.23. The summed E-state index contributed by atoms with van der Waals surface area (Å²) >= 11 is 0. The van der Waals surface area contributed by atoms with Gasteiger partial charge in [0.2, 0.25) is 0 Å². The van der Waals surface area contributed by atoms with Crippen LogP contribution in [0.25, 0.3) is 28.5 Å². The van der Waals surface area contributed by atoms with Crippen molar-refractivity contribution in [1.29, 1.82) is 0 Å². The maximum atomic E-state index is 6.17. The molecule has 0 fully saturated rings. The number of hydrogen-bond donors (Lipinski definition) is 0. The lowest BCUT2D eigenvalue weighted by molar-refractivity contribution is 1.02. The summed E-state index contributed by atoms with van der Waals surface area (Å²) in [4.78, 5) is 2.39. The second-order valence-corrected chi connectivity index (χ2v) is 14.4. The Kier molecular flexibility index (Phi) is 11.5. The van der Waals surface area contributed by atoms with Crippen LogP contribution in [0.2, 0.25) is 0 Å². The van der Waals surface area contributed by atoms with Gasteiger partial charge in [0.15, 0.2) is 0 Å². The van der Waals surface area contributed by atoms with E-state index in [1.807, 2.05) is 55.5 Å². The van der Waals surface area contributed by atoms with Crippen LogP contribution < -0.4 is 4.90 Å². The van der Waals surface area contributed by atoms with Gasteiger partial charge in [0.25, 0.3) is 0 Å². The molecule has 7 rings (SSSR count). The summed E-state index contributed by atoms with van der Waals surface area (Å²) in [5.74, 6) is 9.77. The largest absolute Gasteiger partial charge is 0.310 e. The molecule has 0 radical (unpaired) electrons. The normalized spacial score (nSPS) is 18.3. The molecule has 276 valence electrons. The Bertz CT molecular complexity index is 2650. The van der Waals surface area contributed by atoms with Crippen molar-refractivity contribution in [3.05, 3.63) is 238 Å². The quantitative estimate of drug-likeness (QED) is 0.140. The van der Waals surface area contributed by atoms with E-state index < -0.39 is 0 Å². The van der Waals surface area contributed by atoms with Crippen molar-refractivity contribution >= 4 is 34.2 Å². The summed E-state index contributed by atoms with van der Waals surface area (Å²) in [5.41, 5.74) is 18.1. The average Bonchev–Trinajstić information content (AvgIpc) is 3.50. The fourth-order valence-corrected chi connectivity index (χ4v) is 8.15. The fourth-order valence-electron chi connectivity index (χ4n) is 8.15. The SMILES string of the molecule is C#C/C(=C\C=C/C)c1cc(N(C2=C3C=CC=C(c4cccc(/C=C\C=C)c4C)C3C=C2)/C(=C/C=C)c2cccc(C3=CC=CC4=CC=CC#CC43)c2C)ccc1C. The highest BCUT2D eigenvalue weighted by molar-refractivity contribution is 5.93. The summed E-state index contributed by atoms with van der Waals surface area (Å²) in [5, 5.41) is 0. The standard InChI is InChI=1S/C56H47N/c1-8-12-22-42(11-4)54-38-45(35-34-39(54)5)57(56-37-36-52-51(32-20-33-53(52)56)46-28-17-25-43(40(46)6)23-13-9-2)55(21-10-3)48-30-19-29-47(41(48)7)50-31-18-26-44-24-15-14-16-27-49(44)50/h4,8-10,12-15,17-26,28-38,49,52H,2-3H2,1,5-7H3/b12-8-,23-13-,42-22+,55-21+. The summed E-state index contributed by atoms with van der Waals surface area (Å²) in [6, 6.07) is 19.8. The van der Waals surface area contributed by atoms with Crippen molar-refractivity contribution in [2.24, 2.45) is 11.8 Å². The molecule has 0 bridgehead atoms. The molecular formula is C56H47N. The third-order valence-corrected chi connectivity index (χ3v) is 11.0. The molecular weight excluding hydrogens is 687 g/mol. The fraction of sp³-hybridized carbons (Fsp3) is 0.107. The van der Waals surface area contributed by atoms with E-state index >= 15 is 0 Å². The molecule has 0 N–H and O–H groups in total. The van der Waals surface area contributed by atoms with Gasteiger partial charge < -0.3 is 4.90 Å². The van der Waals surface area contributed by atoms with Crippen LogP contribution in [0.3, 0.4) is 0 Å². The van der Waals surface area contributed by atoms with E-state index in [-0.39, 0.29) is 11.8 Å². The van der Waals surface area contributed by atoms with Crippen LogP contribution >= 0.6 is 0 Å². The Morgan fingerprint density at radius 2 is 1.60 bits per heavy atom. The minimum absolute atomic E-state index is 0.0112. The van der Waals surface area contributed by atoms with Crippen molar-refractivity contribution in [3.63, 3.8) is 0 Å². The molecule has 0 aliphatic heterocycles. The first kappa shape index (κ1) is 38.2. The summed E-state index contributed by atoms with van der Waals surface area (Å²) in [6.07, 6.45) is 46.1. The van der Waals surface area contributed by atoms with Gasteiger partial charge >= 0.3 is 0 Å². The number of anilines is 1. The van der Waals surface area contributed by atoms with Crippen molar-refractivity contribution in [2.75, 3.05) is 4.90 Å². The molecule has 57 heavy (non-hydrogen) atoms. The molecule has 0 amide bonds. The monoisotopic (exact) mass is 733 g/mol. The van der Waals surface area contributed by atoms with Crippen LogP contribution in [-0.4, -0.2) is 0 Å². The molecule has 4 aliphatic carbocycles. The minimum Gasteiger partial charge on any atom is -0.310 e. The van der Waals surface area contributed by atoms with Gasteiger partial charge in [-0.3, -0.25) is 0 Å². The van der Waals surface area contributed by atoms with E-state index in [4.69, 9.17) is 6.42 Å². The van der Waals surface area contributed by atoms with E-state index in [9.17, 15) is 0 Å². The van der Waals surface area contributed by atoms with E-state index in [0.717, 1.165) is 39.3 Å². The molecule has 0 heterocycles. The second kappa shape index (κ2) is 17.2. The van der Waals surface area contributed by atoms with E-state index in [0.29, 0.717) is 0 Å². The zero-order chi connectivity index (χ0) is 39.9. The molecule has 2 unspecified atom stereocenters. The third kappa shape index (κ3) is 7.50. The zero-order valence-corrected chi connectivity index (χ0v) is 33.3. The number of terminal acetylenes is 1. The van der Waals surface area contributed by atoms with Crippen LogP contribution in [0.1, 0.15) is 51.4 Å². The summed E-state index contributed by atoms with van der Waals surface area (Å²) in [6.45, 7) is 16.7. The Balaban J connectivity index is 1.43. The molecule has 1 heteroatoms. The molecule has 0 saturated carbocycles. The maximum absolute atomic E-state index is 6.17. The number of benzene rings is 3. The number of rotatable bonds is 11. The average molecular weight is 734 g/mol. The van der Waals surface area contributed by atoms with Gasteiger partial charge in [-0.15, -0.1) is 6.42 Å². The number of aryl methyl sites for hydroxylation is 1. The lowest BCUT2D eigenvalue weighted by atomic mass is 9.81. The van der Waals surface area contributed by atoms with Crippen LogP contribution in [0.15, 0.2) is 194 Å². The predicted octanol–water partition coefficient (Wildman–Crippen LogP) is 13.6. The first-order valence-electron chi connectivity index (χ1n) is 19.5. The van der Waals surface area contributed by atoms with Crippen LogP contribution in [-0.2, 0) is 0 Å². The number of allylic oxidation sites excluding steroid dienone is 23. The van der Waals surface area contributed by atoms with Gasteiger partial charge in [-0.2, -0.15) is 0 Å². The van der Waals surface area contributed by atoms with Crippen molar-refractivity contribution < 1.29 is 0 Å². The second-order valence-electron chi connectivity index (χ2n) is 14.4. The van der Waals surface area contributed by atoms with Crippen molar-refractivity contribution in [1.82, 2.24) is 0 Å². The first-order chi connectivity index (χ1) is 27.9. The molecule has 2 atom stereocenters. The summed E-state index contributed by atoms with van der Waals surface area (Å²) in [7, 11) is 0. The molecule has 3 aromatic rings. The minimum atomic E-state index is -0.0112. The zero-order valence-electron chi connectivity index (χ0n) is 33.3. The summed E-state index contributed by atoms with van der Waals surface area (Å²) < 4.78 is 0. The Morgan fingerprint density at radius 1 is 0.807 bits per heavy atom. The van der Waals surface area contributed by atoms with Gasteiger partial charge in [0.05, 0.1) is 11.6 Å². The van der Waals surface area contributed by atoms with Gasteiger partial charge in [-0.05, 0) is 125 Å². The van der Waals surface area contributed by atoms with Crippen LogP contribution in [0, 0.1) is 56.8 Å². The maximum Gasteiger partial charge on any atom is 0.0711 e. The molecule has 0 saturated heterocycles. The van der Waals surface area contributed by atoms with Crippen molar-refractivity contribution in [3.8, 4) is 24.2 Å². The molecule has 1 nitrogen and oxygen atoms in total. The molecule has 0 spiro atoms. The van der Waals surface area contributed by atoms with E-state index in [1.165, 1.54) is 50.1 Å². The predicted molar refractivity (Wildman–Crippen MR) is 247 cm³/mol. The Morgan fingerprint density at radius 3 is 2.39 bits per heavy atom. The number of fused-ring (bicyclic) bond motifs is 2. The highest BCUT2D eigenvalue weighted by Crippen LogP contribution is 2.46. The van der Waals surface area contributed by atoms with E-state index in [1.54, 1.807) is 0 Å². The van der Waals surface area contributed by atoms with Gasteiger partial charge in [-0.25, -0.2) is 0 Å². The van der Waals surface area contributed by atoms with E-state index in [2.05, 4.69) is 178 Å². The topological polar surface area (TPSA) is 3.24 Å². The lowest BCUT2D eigenvalue weighted by Gasteiger charge is -2.32. The highest BCUT2D eigenvalue weighted by atomic mass is 15.2.